The number of β-amino-alcohol motifs (C(OH)–C–C–N with tert-alkyl or cyclic N) is 1. The number of carbonyl (C=O) groups is 2. The number of urea groups is 1. The second kappa shape index (κ2) is 8.93. The Kier molecular flexibility index (Phi) is 7.12. The van der Waals surface area contributed by atoms with E-state index in [9.17, 15) is 14.7 Å². The van der Waals surface area contributed by atoms with Gasteiger partial charge in [-0.3, -0.25) is 9.69 Å². The molecule has 1 aromatic carbocycles. The van der Waals surface area contributed by atoms with E-state index in [0.717, 1.165) is 16.0 Å². The standard InChI is InChI=1S/C20H29ClN2O4/c1-11(2)6-17-19(25)23(20(26)22-17)9-14(24)10-27-18-7-13(5)16(21)8-15(18)12(3)4/h7-8,11-12,14,17,24H,6,9-10H2,1-5H3,(H,22,26). The smallest absolute Gasteiger partial charge is 0.324 e. The molecule has 2 N–H and O–H groups in total. The maximum absolute atomic E-state index is 12.4. The Morgan fingerprint density at radius 1 is 1.26 bits per heavy atom. The number of ether oxygens (including phenoxy) is 1. The van der Waals surface area contributed by atoms with Crippen LogP contribution in [0.3, 0.4) is 0 Å². The van der Waals surface area contributed by atoms with Crippen molar-refractivity contribution in [1.82, 2.24) is 10.2 Å². The van der Waals surface area contributed by atoms with Gasteiger partial charge in [-0.05, 0) is 48.4 Å². The summed E-state index contributed by atoms with van der Waals surface area (Å²) >= 11 is 6.19. The Morgan fingerprint density at radius 2 is 1.93 bits per heavy atom. The van der Waals surface area contributed by atoms with Crippen LogP contribution in [0.2, 0.25) is 5.02 Å². The van der Waals surface area contributed by atoms with Crippen molar-refractivity contribution >= 4 is 23.5 Å². The van der Waals surface area contributed by atoms with Gasteiger partial charge >= 0.3 is 6.03 Å². The largest absolute Gasteiger partial charge is 0.491 e. The number of halogens is 1. The predicted octanol–water partition coefficient (Wildman–Crippen LogP) is 3.48. The molecule has 2 unspecified atom stereocenters. The monoisotopic (exact) mass is 396 g/mol. The lowest BCUT2D eigenvalue weighted by atomic mass is 10.0. The Balaban J connectivity index is 1.99. The van der Waals surface area contributed by atoms with E-state index < -0.39 is 18.2 Å². The average Bonchev–Trinajstić information content (AvgIpc) is 2.82. The second-order valence-electron chi connectivity index (χ2n) is 7.84. The minimum atomic E-state index is -0.978. The number of aliphatic hydroxyl groups is 1. The molecule has 7 heteroatoms. The Labute approximate surface area is 165 Å². The van der Waals surface area contributed by atoms with Crippen LogP contribution >= 0.6 is 11.6 Å². The quantitative estimate of drug-likeness (QED) is 0.659. The summed E-state index contributed by atoms with van der Waals surface area (Å²) in [7, 11) is 0. The van der Waals surface area contributed by atoms with E-state index in [1.54, 1.807) is 0 Å². The molecule has 0 aliphatic carbocycles. The minimum Gasteiger partial charge on any atom is -0.491 e. The van der Waals surface area contributed by atoms with E-state index in [2.05, 4.69) is 5.32 Å². The molecule has 150 valence electrons. The van der Waals surface area contributed by atoms with Gasteiger partial charge in [0.05, 0.1) is 6.54 Å². The van der Waals surface area contributed by atoms with Crippen LogP contribution in [-0.4, -0.2) is 47.2 Å². The summed E-state index contributed by atoms with van der Waals surface area (Å²) in [5, 5.41) is 13.6. The van der Waals surface area contributed by atoms with Crippen molar-refractivity contribution in [3.8, 4) is 5.75 Å². The Hall–Kier alpha value is -1.79. The predicted molar refractivity (Wildman–Crippen MR) is 105 cm³/mol. The molecule has 1 saturated heterocycles. The topological polar surface area (TPSA) is 78.9 Å². The third-order valence-corrected chi connectivity index (χ3v) is 4.96. The molecule has 1 aliphatic rings. The first kappa shape index (κ1) is 21.5. The van der Waals surface area contributed by atoms with Crippen molar-refractivity contribution in [1.29, 1.82) is 0 Å². The number of hydrogen-bond donors (Lipinski definition) is 2. The molecular weight excluding hydrogens is 368 g/mol. The van der Waals surface area contributed by atoms with Crippen LogP contribution in [0.1, 0.15) is 51.2 Å². The van der Waals surface area contributed by atoms with E-state index in [1.165, 1.54) is 0 Å². The van der Waals surface area contributed by atoms with Crippen molar-refractivity contribution < 1.29 is 19.4 Å². The molecule has 2 rings (SSSR count). The molecule has 6 nitrogen and oxygen atoms in total. The summed E-state index contributed by atoms with van der Waals surface area (Å²) in [6.45, 7) is 9.82. The van der Waals surface area contributed by atoms with Crippen molar-refractivity contribution in [3.05, 3.63) is 28.3 Å². The summed E-state index contributed by atoms with van der Waals surface area (Å²) in [5.41, 5.74) is 1.83. The summed E-state index contributed by atoms with van der Waals surface area (Å²) in [5.74, 6) is 0.854. The SMILES string of the molecule is Cc1cc(OCC(O)CN2C(=O)NC(CC(C)C)C2=O)c(C(C)C)cc1Cl. The van der Waals surface area contributed by atoms with Gasteiger partial charge in [0.25, 0.3) is 5.91 Å². The number of aliphatic hydroxyl groups excluding tert-OH is 1. The van der Waals surface area contributed by atoms with E-state index >= 15 is 0 Å². The first-order valence-corrected chi connectivity index (χ1v) is 9.70. The number of benzene rings is 1. The lowest BCUT2D eigenvalue weighted by molar-refractivity contribution is -0.128. The maximum Gasteiger partial charge on any atom is 0.324 e. The zero-order valence-corrected chi connectivity index (χ0v) is 17.3. The lowest BCUT2D eigenvalue weighted by Crippen LogP contribution is -2.40. The molecular formula is C20H29ClN2O4. The molecule has 3 amide bonds. The number of carbonyl (C=O) groups excluding carboxylic acids is 2. The molecule has 1 heterocycles. The van der Waals surface area contributed by atoms with Crippen molar-refractivity contribution in [2.45, 2.75) is 59.1 Å². The van der Waals surface area contributed by atoms with Crippen LogP contribution in [0, 0.1) is 12.8 Å². The van der Waals surface area contributed by atoms with Crippen LogP contribution in [0.4, 0.5) is 4.79 Å². The molecule has 1 fully saturated rings. The fourth-order valence-corrected chi connectivity index (χ4v) is 3.25. The fourth-order valence-electron chi connectivity index (χ4n) is 3.08. The highest BCUT2D eigenvalue weighted by Crippen LogP contribution is 2.32. The first-order valence-electron chi connectivity index (χ1n) is 9.32. The van der Waals surface area contributed by atoms with E-state index in [4.69, 9.17) is 16.3 Å². The van der Waals surface area contributed by atoms with E-state index in [1.807, 2.05) is 46.8 Å². The van der Waals surface area contributed by atoms with Gasteiger partial charge in [0.1, 0.15) is 24.5 Å². The molecule has 27 heavy (non-hydrogen) atoms. The van der Waals surface area contributed by atoms with Gasteiger partial charge < -0.3 is 15.2 Å². The first-order chi connectivity index (χ1) is 12.6. The molecule has 2 atom stereocenters. The number of rotatable bonds is 8. The summed E-state index contributed by atoms with van der Waals surface area (Å²) < 4.78 is 5.79. The number of amides is 3. The zero-order valence-electron chi connectivity index (χ0n) is 16.6. The van der Waals surface area contributed by atoms with Crippen molar-refractivity contribution in [2.75, 3.05) is 13.2 Å². The van der Waals surface area contributed by atoms with Crippen LogP contribution < -0.4 is 10.1 Å². The normalized spacial score (nSPS) is 18.4. The molecule has 0 aromatic heterocycles. The van der Waals surface area contributed by atoms with Crippen LogP contribution in [0.25, 0.3) is 0 Å². The molecule has 0 spiro atoms. The van der Waals surface area contributed by atoms with Gasteiger partial charge in [0, 0.05) is 5.02 Å². The molecule has 1 aromatic rings. The fraction of sp³-hybridized carbons (Fsp3) is 0.600. The summed E-state index contributed by atoms with van der Waals surface area (Å²) in [6.07, 6.45) is -0.399. The number of aryl methyl sites for hydroxylation is 1. The highest BCUT2D eigenvalue weighted by Gasteiger charge is 2.38. The van der Waals surface area contributed by atoms with Gasteiger partial charge in [0.15, 0.2) is 0 Å². The number of imide groups is 1. The van der Waals surface area contributed by atoms with E-state index in [-0.39, 0.29) is 30.9 Å². The van der Waals surface area contributed by atoms with Crippen molar-refractivity contribution in [2.24, 2.45) is 5.92 Å². The zero-order chi connectivity index (χ0) is 20.3. The lowest BCUT2D eigenvalue weighted by Gasteiger charge is -2.20. The summed E-state index contributed by atoms with van der Waals surface area (Å²) in [6, 6.07) is 2.74. The number of nitrogens with zero attached hydrogens (tertiary/aromatic N) is 1. The third kappa shape index (κ3) is 5.36. The Morgan fingerprint density at radius 3 is 2.52 bits per heavy atom. The minimum absolute atomic E-state index is 0.0211. The van der Waals surface area contributed by atoms with Crippen LogP contribution in [0.5, 0.6) is 5.75 Å². The van der Waals surface area contributed by atoms with Gasteiger partial charge in [-0.25, -0.2) is 4.79 Å². The highest BCUT2D eigenvalue weighted by molar-refractivity contribution is 6.31. The summed E-state index contributed by atoms with van der Waals surface area (Å²) in [4.78, 5) is 25.5. The maximum atomic E-state index is 12.4. The third-order valence-electron chi connectivity index (χ3n) is 4.55. The van der Waals surface area contributed by atoms with Crippen molar-refractivity contribution in [3.63, 3.8) is 0 Å². The van der Waals surface area contributed by atoms with Gasteiger partial charge in [-0.15, -0.1) is 0 Å². The molecule has 0 saturated carbocycles. The second-order valence-corrected chi connectivity index (χ2v) is 8.25. The van der Waals surface area contributed by atoms with Gasteiger partial charge in [-0.1, -0.05) is 39.3 Å². The number of hydrogen-bond acceptors (Lipinski definition) is 4. The molecule has 1 aliphatic heterocycles. The van der Waals surface area contributed by atoms with Gasteiger partial charge in [0.2, 0.25) is 0 Å². The van der Waals surface area contributed by atoms with E-state index in [0.29, 0.717) is 17.2 Å². The molecule has 0 bridgehead atoms. The van der Waals surface area contributed by atoms with Crippen LogP contribution in [0.15, 0.2) is 12.1 Å². The molecule has 0 radical (unpaired) electrons. The highest BCUT2D eigenvalue weighted by atomic mass is 35.5. The number of nitrogens with one attached hydrogen (secondary N) is 1. The van der Waals surface area contributed by atoms with Crippen LogP contribution in [-0.2, 0) is 4.79 Å². The van der Waals surface area contributed by atoms with Gasteiger partial charge in [-0.2, -0.15) is 0 Å². The Bertz CT molecular complexity index is 705. The average molecular weight is 397 g/mol.